The lowest BCUT2D eigenvalue weighted by molar-refractivity contribution is 0.415. The molecule has 3 aromatic carbocycles. The summed E-state index contributed by atoms with van der Waals surface area (Å²) in [5.41, 5.74) is 3.14. The molecule has 7 nitrogen and oxygen atoms in total. The number of ether oxygens (including phenoxy) is 1. The average Bonchev–Trinajstić information content (AvgIpc) is 2.82. The smallest absolute Gasteiger partial charge is 0.141 e. The second-order valence-electron chi connectivity index (χ2n) is 6.76. The molecule has 0 saturated carbocycles. The van der Waals surface area contributed by atoms with Crippen LogP contribution in [0, 0.1) is 0 Å². The van der Waals surface area contributed by atoms with E-state index in [4.69, 9.17) is 27.9 Å². The van der Waals surface area contributed by atoms with Gasteiger partial charge in [-0.25, -0.2) is 15.0 Å². The topological polar surface area (TPSA) is 75.0 Å². The maximum absolute atomic E-state index is 6.10. The van der Waals surface area contributed by atoms with Crippen molar-refractivity contribution in [3.05, 3.63) is 78.1 Å². The highest BCUT2D eigenvalue weighted by atomic mass is 35.5. The fourth-order valence-electron chi connectivity index (χ4n) is 3.07. The Morgan fingerprint density at radius 1 is 1.03 bits per heavy atom. The van der Waals surface area contributed by atoms with Gasteiger partial charge in [-0.3, -0.25) is 0 Å². The van der Waals surface area contributed by atoms with Gasteiger partial charge < -0.3 is 10.1 Å². The molecule has 0 fully saturated rings. The first-order valence-electron chi connectivity index (χ1n) is 9.83. The van der Waals surface area contributed by atoms with Gasteiger partial charge in [-0.1, -0.05) is 22.9 Å². The second-order valence-corrected chi connectivity index (χ2v) is 7.57. The molecule has 162 valence electrons. The van der Waals surface area contributed by atoms with Crippen molar-refractivity contribution in [3.8, 4) is 5.75 Å². The lowest BCUT2D eigenvalue weighted by Gasteiger charge is -2.16. The first-order chi connectivity index (χ1) is 15.7. The normalized spacial score (nSPS) is 11.1. The van der Waals surface area contributed by atoms with Crippen molar-refractivity contribution >= 4 is 57.0 Å². The maximum atomic E-state index is 6.10. The monoisotopic (exact) mass is 466 g/mol. The van der Waals surface area contributed by atoms with E-state index < -0.39 is 0 Å². The summed E-state index contributed by atoms with van der Waals surface area (Å²) in [6.07, 6.45) is 1.52. The average molecular weight is 467 g/mol. The number of anilines is 3. The van der Waals surface area contributed by atoms with Crippen LogP contribution >= 0.6 is 23.2 Å². The molecule has 9 heteroatoms. The lowest BCUT2D eigenvalue weighted by Crippen LogP contribution is -2.17. The Bertz CT molecular complexity index is 1230. The summed E-state index contributed by atoms with van der Waals surface area (Å²) in [5.74, 6) is 1.83. The number of hydrogen-bond donors (Lipinski definition) is 1. The van der Waals surface area contributed by atoms with Crippen LogP contribution < -0.4 is 15.1 Å². The van der Waals surface area contributed by atoms with Crippen molar-refractivity contribution in [2.45, 2.75) is 0 Å². The van der Waals surface area contributed by atoms with E-state index in [0.717, 1.165) is 28.0 Å². The van der Waals surface area contributed by atoms with Crippen LogP contribution in [0.25, 0.3) is 10.9 Å². The van der Waals surface area contributed by atoms with Crippen LogP contribution in [0.5, 0.6) is 5.75 Å². The van der Waals surface area contributed by atoms with Crippen LogP contribution in [0.1, 0.15) is 0 Å². The Balaban J connectivity index is 1.62. The summed E-state index contributed by atoms with van der Waals surface area (Å²) < 4.78 is 5.22. The number of nitrogens with zero attached hydrogens (tertiary/aromatic N) is 5. The lowest BCUT2D eigenvalue weighted by atomic mass is 10.2. The molecule has 4 rings (SSSR count). The fraction of sp³-hybridized carbons (Fsp3) is 0.130. The number of halogens is 2. The van der Waals surface area contributed by atoms with Crippen LogP contribution in [0.15, 0.2) is 83.4 Å². The van der Waals surface area contributed by atoms with Gasteiger partial charge in [-0.05, 0) is 60.7 Å². The SMILES string of the molecule is COc1ccc(N(CCCl)N=Nc2ccc3ncnc(Nc4cccc(Cl)c4)c3c2)cc1. The number of rotatable bonds is 8. The van der Waals surface area contributed by atoms with E-state index in [1.807, 2.05) is 66.7 Å². The highest BCUT2D eigenvalue weighted by Gasteiger charge is 2.08. The Morgan fingerprint density at radius 2 is 1.88 bits per heavy atom. The first-order valence-corrected chi connectivity index (χ1v) is 10.7. The molecule has 0 aliphatic heterocycles. The minimum atomic E-state index is 0.407. The number of benzene rings is 3. The summed E-state index contributed by atoms with van der Waals surface area (Å²) in [4.78, 5) is 8.73. The summed E-state index contributed by atoms with van der Waals surface area (Å²) in [6.45, 7) is 0.510. The van der Waals surface area contributed by atoms with Gasteiger partial charge in [-0.15, -0.1) is 16.7 Å². The molecule has 0 atom stereocenters. The third-order valence-corrected chi connectivity index (χ3v) is 5.05. The Hall–Kier alpha value is -3.42. The minimum Gasteiger partial charge on any atom is -0.497 e. The van der Waals surface area contributed by atoms with E-state index in [2.05, 4.69) is 25.6 Å². The van der Waals surface area contributed by atoms with Crippen LogP contribution in [0.2, 0.25) is 5.02 Å². The molecule has 0 bridgehead atoms. The van der Waals surface area contributed by atoms with E-state index in [1.165, 1.54) is 6.33 Å². The first kappa shape index (κ1) is 21.8. The van der Waals surface area contributed by atoms with E-state index in [-0.39, 0.29) is 0 Å². The van der Waals surface area contributed by atoms with Crippen molar-refractivity contribution in [1.29, 1.82) is 0 Å². The van der Waals surface area contributed by atoms with Crippen LogP contribution in [0.4, 0.5) is 22.9 Å². The number of hydrogen-bond acceptors (Lipinski definition) is 6. The third-order valence-electron chi connectivity index (χ3n) is 4.64. The number of alkyl halides is 1. The zero-order chi connectivity index (χ0) is 22.3. The highest BCUT2D eigenvalue weighted by molar-refractivity contribution is 6.30. The molecular weight excluding hydrogens is 447 g/mol. The largest absolute Gasteiger partial charge is 0.497 e. The predicted octanol–water partition coefficient (Wildman–Crippen LogP) is 6.78. The zero-order valence-electron chi connectivity index (χ0n) is 17.2. The molecular formula is C23H20Cl2N6O. The number of methoxy groups -OCH3 is 1. The van der Waals surface area contributed by atoms with Crippen LogP contribution in [-0.4, -0.2) is 29.5 Å². The Labute approximate surface area is 195 Å². The quantitative estimate of drug-likeness (QED) is 0.176. The Kier molecular flexibility index (Phi) is 6.99. The van der Waals surface area contributed by atoms with Crippen molar-refractivity contribution in [2.24, 2.45) is 10.3 Å². The van der Waals surface area contributed by atoms with E-state index in [1.54, 1.807) is 12.1 Å². The number of aromatic nitrogens is 2. The van der Waals surface area contributed by atoms with Crippen molar-refractivity contribution < 1.29 is 4.74 Å². The molecule has 0 spiro atoms. The molecule has 0 aliphatic carbocycles. The van der Waals surface area contributed by atoms with Crippen molar-refractivity contribution in [1.82, 2.24) is 9.97 Å². The summed E-state index contributed by atoms with van der Waals surface area (Å²) in [7, 11) is 1.63. The number of nitrogens with one attached hydrogen (secondary N) is 1. The standard InChI is InChI=1S/C23H20Cl2N6O/c1-32-20-8-6-19(7-9-20)31(12-11-24)30-29-18-5-10-22-21(14-18)23(27-15-26-22)28-17-4-2-3-16(25)13-17/h2-10,13-15H,11-12H2,1H3,(H,26,27,28). The molecule has 32 heavy (non-hydrogen) atoms. The summed E-state index contributed by atoms with van der Waals surface area (Å²) in [6, 6.07) is 20.6. The van der Waals surface area contributed by atoms with Gasteiger partial charge in [0, 0.05) is 22.0 Å². The van der Waals surface area contributed by atoms with Crippen LogP contribution in [-0.2, 0) is 0 Å². The van der Waals surface area contributed by atoms with Gasteiger partial charge in [0.05, 0.1) is 30.5 Å². The highest BCUT2D eigenvalue weighted by Crippen LogP contribution is 2.28. The van der Waals surface area contributed by atoms with Gasteiger partial charge in [0.25, 0.3) is 0 Å². The van der Waals surface area contributed by atoms with Gasteiger partial charge in [0.15, 0.2) is 0 Å². The van der Waals surface area contributed by atoms with Crippen molar-refractivity contribution in [3.63, 3.8) is 0 Å². The molecule has 1 heterocycles. The van der Waals surface area contributed by atoms with Crippen LogP contribution in [0.3, 0.4) is 0 Å². The van der Waals surface area contributed by atoms with Gasteiger partial charge in [0.1, 0.15) is 17.9 Å². The molecule has 0 amide bonds. The fourth-order valence-corrected chi connectivity index (χ4v) is 3.43. The number of fused-ring (bicyclic) bond motifs is 1. The molecule has 4 aromatic rings. The summed E-state index contributed by atoms with van der Waals surface area (Å²) >= 11 is 12.1. The second kappa shape index (κ2) is 10.3. The molecule has 1 aromatic heterocycles. The minimum absolute atomic E-state index is 0.407. The molecule has 0 saturated heterocycles. The Morgan fingerprint density at radius 3 is 2.62 bits per heavy atom. The van der Waals surface area contributed by atoms with E-state index in [9.17, 15) is 0 Å². The molecule has 1 N–H and O–H groups in total. The summed E-state index contributed by atoms with van der Waals surface area (Å²) in [5, 5.41) is 15.3. The van der Waals surface area contributed by atoms with Gasteiger partial charge in [0.2, 0.25) is 0 Å². The molecule has 0 radical (unpaired) electrons. The molecule has 0 aliphatic rings. The van der Waals surface area contributed by atoms with Gasteiger partial charge >= 0.3 is 0 Å². The third kappa shape index (κ3) is 5.25. The van der Waals surface area contributed by atoms with E-state index >= 15 is 0 Å². The zero-order valence-corrected chi connectivity index (χ0v) is 18.8. The van der Waals surface area contributed by atoms with E-state index in [0.29, 0.717) is 29.0 Å². The van der Waals surface area contributed by atoms with Gasteiger partial charge in [-0.2, -0.15) is 0 Å². The van der Waals surface area contributed by atoms with Crippen molar-refractivity contribution in [2.75, 3.05) is 29.9 Å². The predicted molar refractivity (Wildman–Crippen MR) is 130 cm³/mol. The maximum Gasteiger partial charge on any atom is 0.141 e. The molecule has 0 unspecified atom stereocenters.